The van der Waals surface area contributed by atoms with Gasteiger partial charge in [-0.25, -0.2) is 0 Å². The van der Waals surface area contributed by atoms with Crippen molar-refractivity contribution in [1.82, 2.24) is 30.0 Å². The molecule has 9 nitrogen and oxygen atoms in total. The molecule has 5 rings (SSSR count). The SMILES string of the molecule is Cc1ccc(-n2nccn2)c(C(=O)N2CCC[C@H]2c2nc(-c3cccc(OC(F)(F)F)c3)no2)c1. The summed E-state index contributed by atoms with van der Waals surface area (Å²) in [4.78, 5) is 21.0. The molecular formula is C23H19F3N6O3. The first-order valence-electron chi connectivity index (χ1n) is 10.8. The summed E-state index contributed by atoms with van der Waals surface area (Å²) in [6, 6.07) is 10.3. The fourth-order valence-electron chi connectivity index (χ4n) is 4.08. The van der Waals surface area contributed by atoms with E-state index in [0.717, 1.165) is 12.0 Å². The molecule has 180 valence electrons. The van der Waals surface area contributed by atoms with Crippen molar-refractivity contribution in [3.05, 3.63) is 71.9 Å². The number of carbonyl (C=O) groups excluding carboxylic acids is 1. The standard InChI is InChI=1S/C23H19F3N6O3/c1-14-7-8-18(32-27-9-10-28-32)17(12-14)22(33)31-11-3-6-19(31)21-29-20(30-35-21)15-4-2-5-16(13-15)34-23(24,25)26/h2,4-5,7-10,12-13,19H,3,6,11H2,1H3/t19-/m0/s1. The van der Waals surface area contributed by atoms with Gasteiger partial charge in [0.2, 0.25) is 11.7 Å². The van der Waals surface area contributed by atoms with Crippen LogP contribution in [0.1, 0.15) is 40.7 Å². The van der Waals surface area contributed by atoms with Crippen molar-refractivity contribution in [2.45, 2.75) is 32.2 Å². The monoisotopic (exact) mass is 484 g/mol. The van der Waals surface area contributed by atoms with Crippen molar-refractivity contribution in [3.8, 4) is 22.8 Å². The number of hydrogen-bond acceptors (Lipinski definition) is 7. The maximum atomic E-state index is 13.6. The second kappa shape index (κ2) is 8.85. The van der Waals surface area contributed by atoms with Gasteiger partial charge in [0, 0.05) is 12.1 Å². The Morgan fingerprint density at radius 2 is 1.94 bits per heavy atom. The van der Waals surface area contributed by atoms with Gasteiger partial charge in [-0.2, -0.15) is 20.0 Å². The number of ether oxygens (including phenoxy) is 1. The second-order valence-electron chi connectivity index (χ2n) is 8.03. The number of rotatable bonds is 5. The van der Waals surface area contributed by atoms with Gasteiger partial charge in [-0.05, 0) is 44.0 Å². The number of likely N-dealkylation sites (tertiary alicyclic amines) is 1. The number of halogens is 3. The van der Waals surface area contributed by atoms with Crippen LogP contribution < -0.4 is 4.74 Å². The molecule has 0 bridgehead atoms. The zero-order valence-electron chi connectivity index (χ0n) is 18.4. The average molecular weight is 484 g/mol. The first-order valence-corrected chi connectivity index (χ1v) is 10.8. The number of aromatic nitrogens is 5. The zero-order chi connectivity index (χ0) is 24.6. The third kappa shape index (κ3) is 4.72. The fraction of sp³-hybridized carbons (Fsp3) is 0.261. The quantitative estimate of drug-likeness (QED) is 0.411. The van der Waals surface area contributed by atoms with E-state index in [9.17, 15) is 18.0 Å². The molecule has 1 fully saturated rings. The molecule has 12 heteroatoms. The molecule has 0 saturated carbocycles. The summed E-state index contributed by atoms with van der Waals surface area (Å²) in [6.07, 6.45) is -0.426. The van der Waals surface area contributed by atoms with E-state index >= 15 is 0 Å². The molecule has 0 spiro atoms. The van der Waals surface area contributed by atoms with Gasteiger partial charge in [-0.1, -0.05) is 28.9 Å². The number of amides is 1. The van der Waals surface area contributed by atoms with Gasteiger partial charge in [-0.15, -0.1) is 13.2 Å². The molecule has 0 aliphatic carbocycles. The highest BCUT2D eigenvalue weighted by Gasteiger charge is 2.36. The Balaban J connectivity index is 1.42. The maximum absolute atomic E-state index is 13.6. The molecule has 0 radical (unpaired) electrons. The Hall–Kier alpha value is -4.22. The van der Waals surface area contributed by atoms with Gasteiger partial charge in [0.15, 0.2) is 0 Å². The number of aryl methyl sites for hydroxylation is 1. The minimum atomic E-state index is -4.81. The van der Waals surface area contributed by atoms with Crippen LogP contribution in [0.5, 0.6) is 5.75 Å². The molecule has 1 atom stereocenters. The van der Waals surface area contributed by atoms with Gasteiger partial charge in [0.1, 0.15) is 11.8 Å². The second-order valence-corrected chi connectivity index (χ2v) is 8.03. The molecule has 0 N–H and O–H groups in total. The Labute approximate surface area is 197 Å². The van der Waals surface area contributed by atoms with Crippen LogP contribution in [0.25, 0.3) is 17.1 Å². The third-order valence-corrected chi connectivity index (χ3v) is 5.58. The van der Waals surface area contributed by atoms with Gasteiger partial charge >= 0.3 is 6.36 Å². The number of nitrogens with zero attached hydrogens (tertiary/aromatic N) is 6. The molecule has 35 heavy (non-hydrogen) atoms. The molecule has 0 unspecified atom stereocenters. The molecular weight excluding hydrogens is 465 g/mol. The Morgan fingerprint density at radius 1 is 1.14 bits per heavy atom. The number of benzene rings is 2. The minimum absolute atomic E-state index is 0.101. The fourth-order valence-corrected chi connectivity index (χ4v) is 4.08. The van der Waals surface area contributed by atoms with Crippen molar-refractivity contribution >= 4 is 5.91 Å². The predicted molar refractivity (Wildman–Crippen MR) is 116 cm³/mol. The van der Waals surface area contributed by atoms with Crippen LogP contribution in [0.3, 0.4) is 0 Å². The molecule has 2 aromatic heterocycles. The van der Waals surface area contributed by atoms with E-state index in [0.29, 0.717) is 29.8 Å². The Bertz CT molecular complexity index is 1350. The van der Waals surface area contributed by atoms with Crippen molar-refractivity contribution in [2.75, 3.05) is 6.54 Å². The lowest BCUT2D eigenvalue weighted by Gasteiger charge is -2.23. The molecule has 3 heterocycles. The predicted octanol–water partition coefficient (Wildman–Crippen LogP) is 4.50. The van der Waals surface area contributed by atoms with Crippen LogP contribution in [-0.2, 0) is 0 Å². The first-order chi connectivity index (χ1) is 16.8. The van der Waals surface area contributed by atoms with Crippen molar-refractivity contribution in [1.29, 1.82) is 0 Å². The normalized spacial score (nSPS) is 16.0. The van der Waals surface area contributed by atoms with Crippen molar-refractivity contribution < 1.29 is 27.2 Å². The summed E-state index contributed by atoms with van der Waals surface area (Å²) in [5.74, 6) is -0.314. The van der Waals surface area contributed by atoms with Gasteiger partial charge < -0.3 is 14.2 Å². The first kappa shape index (κ1) is 22.6. The van der Waals surface area contributed by atoms with Crippen molar-refractivity contribution in [2.24, 2.45) is 0 Å². The summed E-state index contributed by atoms with van der Waals surface area (Å²) in [7, 11) is 0. The molecule has 1 amide bonds. The smallest absolute Gasteiger partial charge is 0.406 e. The highest BCUT2D eigenvalue weighted by Crippen LogP contribution is 2.35. The third-order valence-electron chi connectivity index (χ3n) is 5.58. The lowest BCUT2D eigenvalue weighted by Crippen LogP contribution is -2.31. The Kier molecular flexibility index (Phi) is 5.71. The van der Waals surface area contributed by atoms with E-state index in [2.05, 4.69) is 25.1 Å². The van der Waals surface area contributed by atoms with E-state index in [-0.39, 0.29) is 17.6 Å². The molecule has 1 aliphatic heterocycles. The number of alkyl halides is 3. The van der Waals surface area contributed by atoms with Crippen molar-refractivity contribution in [3.63, 3.8) is 0 Å². The zero-order valence-corrected chi connectivity index (χ0v) is 18.4. The van der Waals surface area contributed by atoms with Gasteiger partial charge in [-0.3, -0.25) is 4.79 Å². The molecule has 1 aliphatic rings. The number of carbonyl (C=O) groups is 1. The van der Waals surface area contributed by atoms with Crippen LogP contribution in [0, 0.1) is 6.92 Å². The lowest BCUT2D eigenvalue weighted by molar-refractivity contribution is -0.274. The van der Waals surface area contributed by atoms with Crippen LogP contribution >= 0.6 is 0 Å². The molecule has 1 saturated heterocycles. The summed E-state index contributed by atoms with van der Waals surface area (Å²) in [6.45, 7) is 2.37. The van der Waals surface area contributed by atoms with Gasteiger partial charge in [0.25, 0.3) is 5.91 Å². The van der Waals surface area contributed by atoms with Crippen LogP contribution in [0.15, 0.2) is 59.4 Å². The van der Waals surface area contributed by atoms with Crippen LogP contribution in [0.4, 0.5) is 13.2 Å². The average Bonchev–Trinajstić information content (AvgIpc) is 3.59. The van der Waals surface area contributed by atoms with Crippen LogP contribution in [0.2, 0.25) is 0 Å². The van der Waals surface area contributed by atoms with E-state index in [1.807, 2.05) is 13.0 Å². The molecule has 2 aromatic carbocycles. The minimum Gasteiger partial charge on any atom is -0.406 e. The van der Waals surface area contributed by atoms with E-state index < -0.39 is 18.2 Å². The maximum Gasteiger partial charge on any atom is 0.573 e. The van der Waals surface area contributed by atoms with E-state index in [1.54, 1.807) is 23.1 Å². The summed E-state index contributed by atoms with van der Waals surface area (Å²) in [5.41, 5.74) is 2.18. The molecule has 4 aromatic rings. The summed E-state index contributed by atoms with van der Waals surface area (Å²) in [5, 5.41) is 12.2. The lowest BCUT2D eigenvalue weighted by atomic mass is 10.1. The van der Waals surface area contributed by atoms with E-state index in [4.69, 9.17) is 4.52 Å². The largest absolute Gasteiger partial charge is 0.573 e. The Morgan fingerprint density at radius 3 is 2.71 bits per heavy atom. The topological polar surface area (TPSA) is 99.2 Å². The highest BCUT2D eigenvalue weighted by atomic mass is 19.4. The van der Waals surface area contributed by atoms with E-state index in [1.165, 1.54) is 35.4 Å². The summed E-state index contributed by atoms with van der Waals surface area (Å²) < 4.78 is 47.1. The van der Waals surface area contributed by atoms with Gasteiger partial charge in [0.05, 0.1) is 23.6 Å². The van der Waals surface area contributed by atoms with Crippen LogP contribution in [-0.4, -0.2) is 48.8 Å². The number of hydrogen-bond donors (Lipinski definition) is 0. The summed E-state index contributed by atoms with van der Waals surface area (Å²) >= 11 is 0. The highest BCUT2D eigenvalue weighted by molar-refractivity contribution is 5.98.